The molecular weight excluding hydrogens is 404 g/mol. The Bertz CT molecular complexity index is 844. The van der Waals surface area contributed by atoms with E-state index in [9.17, 15) is 9.59 Å². The molecule has 1 aliphatic carbocycles. The van der Waals surface area contributed by atoms with Crippen molar-refractivity contribution in [1.82, 2.24) is 0 Å². The van der Waals surface area contributed by atoms with Crippen molar-refractivity contribution < 1.29 is 9.59 Å². The van der Waals surface area contributed by atoms with Gasteiger partial charge in [0, 0.05) is 34.4 Å². The monoisotopic (exact) mass is 428 g/mol. The highest BCUT2D eigenvalue weighted by molar-refractivity contribution is 9.10. The number of amides is 2. The summed E-state index contributed by atoms with van der Waals surface area (Å²) in [6, 6.07) is 13.0. The Hall–Kier alpha value is -2.14. The molecule has 0 saturated heterocycles. The van der Waals surface area contributed by atoms with E-state index in [0.29, 0.717) is 11.3 Å². The molecule has 0 heterocycles. The number of benzene rings is 2. The summed E-state index contributed by atoms with van der Waals surface area (Å²) in [6.07, 6.45) is 5.36. The van der Waals surface area contributed by atoms with E-state index in [1.807, 2.05) is 37.3 Å². The Morgan fingerprint density at radius 3 is 2.52 bits per heavy atom. The van der Waals surface area contributed by atoms with Crippen LogP contribution in [0.4, 0.5) is 11.4 Å². The highest BCUT2D eigenvalue weighted by Crippen LogP contribution is 2.26. The highest BCUT2D eigenvalue weighted by atomic mass is 79.9. The van der Waals surface area contributed by atoms with Gasteiger partial charge in [-0.3, -0.25) is 9.59 Å². The summed E-state index contributed by atoms with van der Waals surface area (Å²) in [5.41, 5.74) is 3.11. The van der Waals surface area contributed by atoms with Gasteiger partial charge in [-0.25, -0.2) is 0 Å². The van der Waals surface area contributed by atoms with Crippen LogP contribution in [0.15, 0.2) is 46.9 Å². The molecule has 0 atom stereocenters. The zero-order chi connectivity index (χ0) is 19.4. The van der Waals surface area contributed by atoms with Gasteiger partial charge in [0.15, 0.2) is 0 Å². The van der Waals surface area contributed by atoms with E-state index in [0.717, 1.165) is 41.4 Å². The van der Waals surface area contributed by atoms with Gasteiger partial charge in [0.25, 0.3) is 5.91 Å². The molecular formula is C22H25BrN2O2. The minimum absolute atomic E-state index is 0.0661. The molecule has 4 nitrogen and oxygen atoms in total. The Morgan fingerprint density at radius 1 is 1.07 bits per heavy atom. The first-order valence-electron chi connectivity index (χ1n) is 9.41. The SMILES string of the molecule is Cc1cc(Br)ccc1N(C)C(=O)c1cccc(NC(=O)C2CCCCC2)c1. The minimum Gasteiger partial charge on any atom is -0.326 e. The second-order valence-corrected chi connectivity index (χ2v) is 8.12. The maximum atomic E-state index is 12.9. The molecule has 0 unspecified atom stereocenters. The van der Waals surface area contributed by atoms with Gasteiger partial charge in [0.2, 0.25) is 5.91 Å². The van der Waals surface area contributed by atoms with Gasteiger partial charge in [-0.2, -0.15) is 0 Å². The summed E-state index contributed by atoms with van der Waals surface area (Å²) in [5.74, 6) is 0.0526. The molecule has 5 heteroatoms. The van der Waals surface area contributed by atoms with E-state index < -0.39 is 0 Å². The summed E-state index contributed by atoms with van der Waals surface area (Å²) < 4.78 is 0.983. The number of nitrogens with one attached hydrogen (secondary N) is 1. The Labute approximate surface area is 169 Å². The topological polar surface area (TPSA) is 49.4 Å². The summed E-state index contributed by atoms with van der Waals surface area (Å²) in [4.78, 5) is 27.0. The third-order valence-corrected chi connectivity index (χ3v) is 5.67. The highest BCUT2D eigenvalue weighted by Gasteiger charge is 2.21. The zero-order valence-corrected chi connectivity index (χ0v) is 17.4. The van der Waals surface area contributed by atoms with Gasteiger partial charge < -0.3 is 10.2 Å². The van der Waals surface area contributed by atoms with E-state index in [-0.39, 0.29) is 17.7 Å². The van der Waals surface area contributed by atoms with Crippen molar-refractivity contribution in [2.45, 2.75) is 39.0 Å². The Kier molecular flexibility index (Phi) is 6.32. The second kappa shape index (κ2) is 8.70. The molecule has 2 aromatic rings. The van der Waals surface area contributed by atoms with E-state index in [4.69, 9.17) is 0 Å². The van der Waals surface area contributed by atoms with Crippen molar-refractivity contribution in [3.8, 4) is 0 Å². The number of hydrogen-bond acceptors (Lipinski definition) is 2. The first-order chi connectivity index (χ1) is 13.0. The molecule has 1 aliphatic rings. The fourth-order valence-electron chi connectivity index (χ4n) is 3.64. The smallest absolute Gasteiger partial charge is 0.258 e. The minimum atomic E-state index is -0.103. The molecule has 0 radical (unpaired) electrons. The summed E-state index contributed by atoms with van der Waals surface area (Å²) in [6.45, 7) is 1.98. The maximum absolute atomic E-state index is 12.9. The average molecular weight is 429 g/mol. The fourth-order valence-corrected chi connectivity index (χ4v) is 4.11. The average Bonchev–Trinajstić information content (AvgIpc) is 2.68. The molecule has 1 fully saturated rings. The molecule has 27 heavy (non-hydrogen) atoms. The number of carbonyl (C=O) groups excluding carboxylic acids is 2. The van der Waals surface area contributed by atoms with Crippen LogP contribution < -0.4 is 10.2 Å². The number of anilines is 2. The van der Waals surface area contributed by atoms with Gasteiger partial charge in [0.1, 0.15) is 0 Å². The van der Waals surface area contributed by atoms with Crippen LogP contribution >= 0.6 is 15.9 Å². The van der Waals surface area contributed by atoms with E-state index in [2.05, 4.69) is 21.2 Å². The predicted molar refractivity (Wildman–Crippen MR) is 113 cm³/mol. The van der Waals surface area contributed by atoms with Gasteiger partial charge in [-0.15, -0.1) is 0 Å². The standard InChI is InChI=1S/C22H25BrN2O2/c1-15-13-18(23)11-12-20(15)25(2)22(27)17-9-6-10-19(14-17)24-21(26)16-7-4-3-5-8-16/h6,9-14,16H,3-5,7-8H2,1-2H3,(H,24,26). The summed E-state index contributed by atoms with van der Waals surface area (Å²) in [5, 5.41) is 2.99. The van der Waals surface area contributed by atoms with Crippen molar-refractivity contribution in [3.05, 3.63) is 58.1 Å². The van der Waals surface area contributed by atoms with Crippen LogP contribution in [0.3, 0.4) is 0 Å². The Balaban J connectivity index is 1.74. The van der Waals surface area contributed by atoms with Crippen LogP contribution in [-0.4, -0.2) is 18.9 Å². The van der Waals surface area contributed by atoms with E-state index in [1.54, 1.807) is 24.1 Å². The number of carbonyl (C=O) groups is 2. The maximum Gasteiger partial charge on any atom is 0.258 e. The second-order valence-electron chi connectivity index (χ2n) is 7.20. The largest absolute Gasteiger partial charge is 0.326 e. The van der Waals surface area contributed by atoms with Gasteiger partial charge in [0.05, 0.1) is 0 Å². The van der Waals surface area contributed by atoms with E-state index in [1.165, 1.54) is 6.42 Å². The van der Waals surface area contributed by atoms with Gasteiger partial charge in [-0.05, 0) is 61.7 Å². The van der Waals surface area contributed by atoms with Crippen LogP contribution in [0.2, 0.25) is 0 Å². The molecule has 0 spiro atoms. The van der Waals surface area contributed by atoms with Crippen LogP contribution in [0, 0.1) is 12.8 Å². The molecule has 142 valence electrons. The first kappa shape index (κ1) is 19.6. The summed E-state index contributed by atoms with van der Waals surface area (Å²) in [7, 11) is 1.77. The van der Waals surface area contributed by atoms with Crippen molar-refractivity contribution in [2.75, 3.05) is 17.3 Å². The van der Waals surface area contributed by atoms with Crippen molar-refractivity contribution in [3.63, 3.8) is 0 Å². The number of nitrogens with zero attached hydrogens (tertiary/aromatic N) is 1. The molecule has 0 aliphatic heterocycles. The fraction of sp³-hybridized carbons (Fsp3) is 0.364. The lowest BCUT2D eigenvalue weighted by molar-refractivity contribution is -0.120. The number of halogens is 1. The molecule has 0 bridgehead atoms. The molecule has 3 rings (SSSR count). The molecule has 2 aromatic carbocycles. The first-order valence-corrected chi connectivity index (χ1v) is 10.2. The van der Waals surface area contributed by atoms with Gasteiger partial charge in [-0.1, -0.05) is 41.3 Å². The normalized spacial score (nSPS) is 14.6. The van der Waals surface area contributed by atoms with Gasteiger partial charge >= 0.3 is 0 Å². The third-order valence-electron chi connectivity index (χ3n) is 5.18. The molecule has 0 aromatic heterocycles. The van der Waals surface area contributed by atoms with Crippen LogP contribution in [0.5, 0.6) is 0 Å². The van der Waals surface area contributed by atoms with Crippen LogP contribution in [-0.2, 0) is 4.79 Å². The number of aryl methyl sites for hydroxylation is 1. The predicted octanol–water partition coefficient (Wildman–Crippen LogP) is 5.55. The van der Waals surface area contributed by atoms with Crippen molar-refractivity contribution in [1.29, 1.82) is 0 Å². The van der Waals surface area contributed by atoms with E-state index >= 15 is 0 Å². The lowest BCUT2D eigenvalue weighted by atomic mass is 9.88. The lowest BCUT2D eigenvalue weighted by Gasteiger charge is -2.22. The quantitative estimate of drug-likeness (QED) is 0.693. The number of rotatable bonds is 4. The third kappa shape index (κ3) is 4.78. The molecule has 1 N–H and O–H groups in total. The zero-order valence-electron chi connectivity index (χ0n) is 15.8. The lowest BCUT2D eigenvalue weighted by Crippen LogP contribution is -2.27. The Morgan fingerprint density at radius 2 is 1.81 bits per heavy atom. The van der Waals surface area contributed by atoms with Crippen molar-refractivity contribution in [2.24, 2.45) is 5.92 Å². The molecule has 1 saturated carbocycles. The van der Waals surface area contributed by atoms with Crippen molar-refractivity contribution >= 4 is 39.1 Å². The number of hydrogen-bond donors (Lipinski definition) is 1. The summed E-state index contributed by atoms with van der Waals surface area (Å²) >= 11 is 3.45. The van der Waals surface area contributed by atoms with Crippen LogP contribution in [0.1, 0.15) is 48.0 Å². The molecule has 2 amide bonds. The van der Waals surface area contributed by atoms with Crippen LogP contribution in [0.25, 0.3) is 0 Å².